The molecule has 2 nitrogen and oxygen atoms in total. The fourth-order valence-electron chi connectivity index (χ4n) is 1.55. The summed E-state index contributed by atoms with van der Waals surface area (Å²) < 4.78 is 6.86. The molecule has 0 fully saturated rings. The van der Waals surface area contributed by atoms with E-state index in [4.69, 9.17) is 4.74 Å². The third-order valence-electron chi connectivity index (χ3n) is 2.51. The summed E-state index contributed by atoms with van der Waals surface area (Å²) in [6, 6.07) is 6.16. The van der Waals surface area contributed by atoms with E-state index in [9.17, 15) is 0 Å². The fraction of sp³-hybridized carbons (Fsp3) is 0.467. The lowest BCUT2D eigenvalue weighted by Gasteiger charge is -2.13. The highest BCUT2D eigenvalue weighted by Gasteiger charge is 2.07. The molecule has 0 saturated carbocycles. The van der Waals surface area contributed by atoms with E-state index in [0.717, 1.165) is 29.7 Å². The van der Waals surface area contributed by atoms with Gasteiger partial charge in [-0.2, -0.15) is 0 Å². The summed E-state index contributed by atoms with van der Waals surface area (Å²) in [5.41, 5.74) is 2.47. The van der Waals surface area contributed by atoms with E-state index in [2.05, 4.69) is 54.2 Å². The molecule has 0 amide bonds. The number of nitrogens with one attached hydrogen (secondary N) is 1. The van der Waals surface area contributed by atoms with Crippen LogP contribution in [0.15, 0.2) is 34.3 Å². The van der Waals surface area contributed by atoms with Crippen LogP contribution in [-0.4, -0.2) is 13.2 Å². The first-order valence-electron chi connectivity index (χ1n) is 6.39. The highest BCUT2D eigenvalue weighted by atomic mass is 79.9. The lowest BCUT2D eigenvalue weighted by Crippen LogP contribution is -2.14. The molecule has 0 bridgehead atoms. The van der Waals surface area contributed by atoms with Crippen LogP contribution in [0, 0.1) is 0 Å². The van der Waals surface area contributed by atoms with E-state index in [1.165, 1.54) is 11.1 Å². The zero-order chi connectivity index (χ0) is 13.4. The van der Waals surface area contributed by atoms with Crippen LogP contribution in [0.5, 0.6) is 5.75 Å². The standard InChI is InChI=1S/C15H22BrNO/c1-4-9-17-11-13-6-5-7-14(16)15(13)18-10-8-12(2)3/h5-8,17H,4,9-11H2,1-3H3. The molecule has 0 aromatic heterocycles. The molecular formula is C15H22BrNO. The zero-order valence-electron chi connectivity index (χ0n) is 11.4. The smallest absolute Gasteiger partial charge is 0.138 e. The summed E-state index contributed by atoms with van der Waals surface area (Å²) in [4.78, 5) is 0. The van der Waals surface area contributed by atoms with Crippen molar-refractivity contribution in [3.05, 3.63) is 39.9 Å². The molecule has 0 aliphatic carbocycles. The Bertz CT molecular complexity index is 397. The van der Waals surface area contributed by atoms with Gasteiger partial charge in [-0.3, -0.25) is 0 Å². The molecule has 0 aliphatic rings. The molecule has 0 aliphatic heterocycles. The second-order valence-electron chi connectivity index (χ2n) is 4.50. The number of ether oxygens (including phenoxy) is 1. The maximum atomic E-state index is 5.85. The monoisotopic (exact) mass is 311 g/mol. The van der Waals surface area contributed by atoms with E-state index in [0.29, 0.717) is 6.61 Å². The summed E-state index contributed by atoms with van der Waals surface area (Å²) in [5, 5.41) is 3.40. The van der Waals surface area contributed by atoms with Crippen molar-refractivity contribution >= 4 is 15.9 Å². The van der Waals surface area contributed by atoms with Crippen LogP contribution < -0.4 is 10.1 Å². The molecule has 0 atom stereocenters. The highest BCUT2D eigenvalue weighted by Crippen LogP contribution is 2.29. The van der Waals surface area contributed by atoms with Crippen LogP contribution in [0.2, 0.25) is 0 Å². The minimum absolute atomic E-state index is 0.617. The predicted octanol–water partition coefficient (Wildman–Crippen LogP) is 4.29. The lowest BCUT2D eigenvalue weighted by atomic mass is 10.2. The maximum Gasteiger partial charge on any atom is 0.138 e. The van der Waals surface area contributed by atoms with Crippen molar-refractivity contribution in [2.45, 2.75) is 33.7 Å². The SMILES string of the molecule is CCCNCc1cccc(Br)c1OCC=C(C)C. The number of hydrogen-bond donors (Lipinski definition) is 1. The third kappa shape index (κ3) is 5.23. The Hall–Kier alpha value is -0.800. The first-order chi connectivity index (χ1) is 8.65. The zero-order valence-corrected chi connectivity index (χ0v) is 13.0. The molecule has 0 heterocycles. The largest absolute Gasteiger partial charge is 0.488 e. The Morgan fingerprint density at radius 2 is 2.17 bits per heavy atom. The Labute approximate surface area is 119 Å². The van der Waals surface area contributed by atoms with Crippen molar-refractivity contribution in [1.29, 1.82) is 0 Å². The predicted molar refractivity (Wildman–Crippen MR) is 81.1 cm³/mol. The molecule has 18 heavy (non-hydrogen) atoms. The maximum absolute atomic E-state index is 5.85. The molecule has 0 saturated heterocycles. The molecule has 1 N–H and O–H groups in total. The second kappa shape index (κ2) is 8.33. The van der Waals surface area contributed by atoms with Gasteiger partial charge in [0.1, 0.15) is 12.4 Å². The van der Waals surface area contributed by atoms with Gasteiger partial charge < -0.3 is 10.1 Å². The quantitative estimate of drug-likeness (QED) is 0.599. The van der Waals surface area contributed by atoms with Crippen LogP contribution in [0.25, 0.3) is 0 Å². The number of hydrogen-bond acceptors (Lipinski definition) is 2. The minimum atomic E-state index is 0.617. The van der Waals surface area contributed by atoms with Gasteiger partial charge in [-0.1, -0.05) is 24.6 Å². The molecular weight excluding hydrogens is 290 g/mol. The van der Waals surface area contributed by atoms with E-state index in [-0.39, 0.29) is 0 Å². The van der Waals surface area contributed by atoms with Gasteiger partial charge >= 0.3 is 0 Å². The van der Waals surface area contributed by atoms with Gasteiger partial charge in [-0.25, -0.2) is 0 Å². The molecule has 1 aromatic rings. The van der Waals surface area contributed by atoms with Gasteiger partial charge in [0.25, 0.3) is 0 Å². The van der Waals surface area contributed by atoms with Crippen molar-refractivity contribution < 1.29 is 4.74 Å². The molecule has 0 spiro atoms. The van der Waals surface area contributed by atoms with Crippen molar-refractivity contribution in [3.63, 3.8) is 0 Å². The van der Waals surface area contributed by atoms with Gasteiger partial charge in [0, 0.05) is 12.1 Å². The molecule has 3 heteroatoms. The Morgan fingerprint density at radius 1 is 1.39 bits per heavy atom. The molecule has 1 rings (SSSR count). The fourth-order valence-corrected chi connectivity index (χ4v) is 2.07. The van der Waals surface area contributed by atoms with Gasteiger partial charge in [-0.15, -0.1) is 0 Å². The number of allylic oxidation sites excluding steroid dienone is 1. The van der Waals surface area contributed by atoms with E-state index < -0.39 is 0 Å². The van der Waals surface area contributed by atoms with Gasteiger partial charge in [0.05, 0.1) is 4.47 Å². The summed E-state index contributed by atoms with van der Waals surface area (Å²) in [6.07, 6.45) is 3.23. The Kier molecular flexibility index (Phi) is 7.06. The first kappa shape index (κ1) is 15.3. The van der Waals surface area contributed by atoms with Crippen molar-refractivity contribution in [1.82, 2.24) is 5.32 Å². The molecule has 100 valence electrons. The van der Waals surface area contributed by atoms with Crippen LogP contribution in [-0.2, 0) is 6.54 Å². The average Bonchev–Trinajstić information content (AvgIpc) is 2.32. The van der Waals surface area contributed by atoms with Gasteiger partial charge in [-0.05, 0) is 54.9 Å². The summed E-state index contributed by atoms with van der Waals surface area (Å²) in [6.45, 7) is 8.81. The van der Waals surface area contributed by atoms with Crippen molar-refractivity contribution in [2.75, 3.05) is 13.2 Å². The van der Waals surface area contributed by atoms with E-state index in [1.54, 1.807) is 0 Å². The number of halogens is 1. The van der Waals surface area contributed by atoms with Crippen LogP contribution in [0.3, 0.4) is 0 Å². The van der Waals surface area contributed by atoms with Crippen molar-refractivity contribution in [2.24, 2.45) is 0 Å². The van der Waals surface area contributed by atoms with Crippen LogP contribution in [0.4, 0.5) is 0 Å². The van der Waals surface area contributed by atoms with Crippen molar-refractivity contribution in [3.8, 4) is 5.75 Å². The molecule has 0 unspecified atom stereocenters. The van der Waals surface area contributed by atoms with E-state index >= 15 is 0 Å². The summed E-state index contributed by atoms with van der Waals surface area (Å²) >= 11 is 3.55. The second-order valence-corrected chi connectivity index (χ2v) is 5.35. The first-order valence-corrected chi connectivity index (χ1v) is 7.18. The van der Waals surface area contributed by atoms with Gasteiger partial charge in [0.15, 0.2) is 0 Å². The Morgan fingerprint density at radius 3 is 2.83 bits per heavy atom. The third-order valence-corrected chi connectivity index (χ3v) is 3.13. The highest BCUT2D eigenvalue weighted by molar-refractivity contribution is 9.10. The summed E-state index contributed by atoms with van der Waals surface area (Å²) in [5.74, 6) is 0.943. The number of para-hydroxylation sites is 1. The summed E-state index contributed by atoms with van der Waals surface area (Å²) in [7, 11) is 0. The number of rotatable bonds is 7. The molecule has 1 aromatic carbocycles. The van der Waals surface area contributed by atoms with Crippen LogP contribution >= 0.6 is 15.9 Å². The molecule has 0 radical (unpaired) electrons. The minimum Gasteiger partial charge on any atom is -0.488 e. The van der Waals surface area contributed by atoms with Crippen LogP contribution in [0.1, 0.15) is 32.8 Å². The normalized spacial score (nSPS) is 10.2. The average molecular weight is 312 g/mol. The Balaban J connectivity index is 2.70. The van der Waals surface area contributed by atoms with Gasteiger partial charge in [0.2, 0.25) is 0 Å². The lowest BCUT2D eigenvalue weighted by molar-refractivity contribution is 0.354. The topological polar surface area (TPSA) is 21.3 Å². The number of benzene rings is 1. The van der Waals surface area contributed by atoms with E-state index in [1.807, 2.05) is 12.1 Å².